The average Bonchev–Trinajstić information content (AvgIpc) is 2.48. The fraction of sp³-hybridized carbons (Fsp3) is 0.727. The molecule has 1 heteroatoms. The van der Waals surface area contributed by atoms with Gasteiger partial charge in [-0.2, -0.15) is 0 Å². The number of carbonyl (C=O) groups is 1. The summed E-state index contributed by atoms with van der Waals surface area (Å²) in [6.07, 6.45) is 10.3. The summed E-state index contributed by atoms with van der Waals surface area (Å²) >= 11 is 0. The summed E-state index contributed by atoms with van der Waals surface area (Å²) in [4.78, 5) is 11.6. The lowest BCUT2D eigenvalue weighted by atomic mass is 9.68. The van der Waals surface area contributed by atoms with Crippen LogP contribution in [0, 0.1) is 11.3 Å². The minimum Gasteiger partial charge on any atom is -0.299 e. The van der Waals surface area contributed by atoms with Crippen molar-refractivity contribution < 1.29 is 4.79 Å². The zero-order chi connectivity index (χ0) is 8.60. The third-order valence-corrected chi connectivity index (χ3v) is 3.73. The molecule has 0 aromatic carbocycles. The Kier molecular flexibility index (Phi) is 1.82. The number of rotatable bonds is 1. The third kappa shape index (κ3) is 0.954. The van der Waals surface area contributed by atoms with E-state index in [1.54, 1.807) is 6.92 Å². The van der Waals surface area contributed by atoms with Gasteiger partial charge in [0.05, 0.1) is 0 Å². The number of Topliss-reactive ketones (excluding diaryl/α,β-unsaturated/α-hetero) is 1. The second kappa shape index (κ2) is 2.72. The molecule has 0 spiro atoms. The summed E-state index contributed by atoms with van der Waals surface area (Å²) in [5.41, 5.74) is 0.0642. The zero-order valence-electron chi connectivity index (χ0n) is 7.68. The summed E-state index contributed by atoms with van der Waals surface area (Å²) in [5, 5.41) is 0. The van der Waals surface area contributed by atoms with Crippen LogP contribution < -0.4 is 0 Å². The molecular formula is C11H16O. The van der Waals surface area contributed by atoms with E-state index in [-0.39, 0.29) is 5.41 Å². The van der Waals surface area contributed by atoms with E-state index in [9.17, 15) is 4.79 Å². The Bertz CT molecular complexity index is 229. The number of ketones is 1. The van der Waals surface area contributed by atoms with Gasteiger partial charge in [-0.3, -0.25) is 4.79 Å². The predicted octanol–water partition coefficient (Wildman–Crippen LogP) is 2.71. The molecule has 0 unspecified atom stereocenters. The van der Waals surface area contributed by atoms with Gasteiger partial charge in [0.15, 0.2) is 0 Å². The lowest BCUT2D eigenvalue weighted by molar-refractivity contribution is -0.128. The maximum absolute atomic E-state index is 11.6. The molecule has 1 fully saturated rings. The van der Waals surface area contributed by atoms with Gasteiger partial charge in [-0.25, -0.2) is 0 Å². The van der Waals surface area contributed by atoms with E-state index in [2.05, 4.69) is 12.2 Å². The van der Waals surface area contributed by atoms with Crippen LogP contribution in [0.1, 0.15) is 39.0 Å². The van der Waals surface area contributed by atoms with Crippen molar-refractivity contribution >= 4 is 5.78 Å². The second-order valence-electron chi connectivity index (χ2n) is 4.21. The number of allylic oxidation sites excluding steroid dienone is 2. The Balaban J connectivity index is 2.30. The third-order valence-electron chi connectivity index (χ3n) is 3.73. The van der Waals surface area contributed by atoms with Crippen molar-refractivity contribution in [2.45, 2.75) is 39.0 Å². The van der Waals surface area contributed by atoms with Gasteiger partial charge < -0.3 is 0 Å². The average molecular weight is 164 g/mol. The molecule has 2 aliphatic carbocycles. The second-order valence-corrected chi connectivity index (χ2v) is 4.21. The highest BCUT2D eigenvalue weighted by Gasteiger charge is 2.46. The molecule has 0 radical (unpaired) electrons. The first-order valence-corrected chi connectivity index (χ1v) is 4.92. The first kappa shape index (κ1) is 8.03. The van der Waals surface area contributed by atoms with Gasteiger partial charge >= 0.3 is 0 Å². The first-order chi connectivity index (χ1) is 5.76. The first-order valence-electron chi connectivity index (χ1n) is 4.92. The van der Waals surface area contributed by atoms with Gasteiger partial charge in [0.2, 0.25) is 0 Å². The van der Waals surface area contributed by atoms with Crippen molar-refractivity contribution in [1.29, 1.82) is 0 Å². The monoisotopic (exact) mass is 164 g/mol. The Morgan fingerprint density at radius 2 is 2.33 bits per heavy atom. The van der Waals surface area contributed by atoms with Crippen LogP contribution in [0.5, 0.6) is 0 Å². The van der Waals surface area contributed by atoms with Crippen molar-refractivity contribution in [3.63, 3.8) is 0 Å². The highest BCUT2D eigenvalue weighted by molar-refractivity contribution is 5.83. The highest BCUT2D eigenvalue weighted by atomic mass is 16.1. The molecule has 0 amide bonds. The topological polar surface area (TPSA) is 17.1 Å². The van der Waals surface area contributed by atoms with E-state index >= 15 is 0 Å². The van der Waals surface area contributed by atoms with Crippen molar-refractivity contribution in [1.82, 2.24) is 0 Å². The van der Waals surface area contributed by atoms with Gasteiger partial charge in [-0.15, -0.1) is 0 Å². The normalized spacial score (nSPS) is 39.6. The van der Waals surface area contributed by atoms with Gasteiger partial charge in [0, 0.05) is 5.41 Å². The highest BCUT2D eigenvalue weighted by Crippen LogP contribution is 2.50. The van der Waals surface area contributed by atoms with Crippen molar-refractivity contribution in [3.05, 3.63) is 12.2 Å². The van der Waals surface area contributed by atoms with Crippen LogP contribution in [0.4, 0.5) is 0 Å². The molecular weight excluding hydrogens is 148 g/mol. The maximum Gasteiger partial charge on any atom is 0.136 e. The SMILES string of the molecule is CC(=O)[C@]12CC=CC[C@H]1CCC2. The Morgan fingerprint density at radius 1 is 1.50 bits per heavy atom. The van der Waals surface area contributed by atoms with Gasteiger partial charge in [-0.05, 0) is 38.5 Å². The van der Waals surface area contributed by atoms with Gasteiger partial charge in [-0.1, -0.05) is 18.6 Å². The van der Waals surface area contributed by atoms with E-state index < -0.39 is 0 Å². The van der Waals surface area contributed by atoms with Crippen molar-refractivity contribution in [3.8, 4) is 0 Å². The lowest BCUT2D eigenvalue weighted by Gasteiger charge is -2.34. The number of fused-ring (bicyclic) bond motifs is 1. The van der Waals surface area contributed by atoms with Crippen LogP contribution in [-0.2, 0) is 4.79 Å². The van der Waals surface area contributed by atoms with Crippen LogP contribution in [0.25, 0.3) is 0 Å². The molecule has 0 saturated heterocycles. The molecule has 0 heterocycles. The molecule has 0 aliphatic heterocycles. The van der Waals surface area contributed by atoms with Gasteiger partial charge in [0.1, 0.15) is 5.78 Å². The van der Waals surface area contributed by atoms with Gasteiger partial charge in [0.25, 0.3) is 0 Å². The minimum atomic E-state index is 0.0642. The Labute approximate surface area is 73.8 Å². The van der Waals surface area contributed by atoms with E-state index in [0.29, 0.717) is 11.7 Å². The Hall–Kier alpha value is -0.590. The minimum absolute atomic E-state index is 0.0642. The molecule has 0 aromatic rings. The molecule has 2 atom stereocenters. The smallest absolute Gasteiger partial charge is 0.136 e. The van der Waals surface area contributed by atoms with Crippen LogP contribution in [0.2, 0.25) is 0 Å². The molecule has 2 aliphatic rings. The molecule has 0 bridgehead atoms. The van der Waals surface area contributed by atoms with E-state index in [4.69, 9.17) is 0 Å². The zero-order valence-corrected chi connectivity index (χ0v) is 7.68. The molecule has 66 valence electrons. The summed E-state index contributed by atoms with van der Waals surface area (Å²) in [7, 11) is 0. The number of carbonyl (C=O) groups excluding carboxylic acids is 1. The fourth-order valence-electron chi connectivity index (χ4n) is 2.92. The molecule has 1 nitrogen and oxygen atoms in total. The summed E-state index contributed by atoms with van der Waals surface area (Å²) < 4.78 is 0. The molecule has 12 heavy (non-hydrogen) atoms. The number of hydrogen-bond acceptors (Lipinski definition) is 1. The molecule has 2 rings (SSSR count). The molecule has 1 saturated carbocycles. The standard InChI is InChI=1S/C11H16O/c1-9(12)11-7-3-2-5-10(11)6-4-8-11/h2-3,10H,4-8H2,1H3/t10-,11+/m0/s1. The van der Waals surface area contributed by atoms with E-state index in [1.165, 1.54) is 12.8 Å². The largest absolute Gasteiger partial charge is 0.299 e. The molecule has 0 N–H and O–H groups in total. The predicted molar refractivity (Wildman–Crippen MR) is 48.8 cm³/mol. The quantitative estimate of drug-likeness (QED) is 0.544. The number of hydrogen-bond donors (Lipinski definition) is 0. The fourth-order valence-corrected chi connectivity index (χ4v) is 2.92. The van der Waals surface area contributed by atoms with E-state index in [1.807, 2.05) is 0 Å². The van der Waals surface area contributed by atoms with Crippen molar-refractivity contribution in [2.24, 2.45) is 11.3 Å². The van der Waals surface area contributed by atoms with Crippen LogP contribution in [0.3, 0.4) is 0 Å². The maximum atomic E-state index is 11.6. The summed E-state index contributed by atoms with van der Waals surface area (Å²) in [6.45, 7) is 1.78. The molecule has 0 aromatic heterocycles. The lowest BCUT2D eigenvalue weighted by Crippen LogP contribution is -2.34. The van der Waals surface area contributed by atoms with E-state index in [0.717, 1.165) is 19.3 Å². The Morgan fingerprint density at radius 3 is 3.00 bits per heavy atom. The van der Waals surface area contributed by atoms with Crippen LogP contribution >= 0.6 is 0 Å². The van der Waals surface area contributed by atoms with Crippen molar-refractivity contribution in [2.75, 3.05) is 0 Å². The van der Waals surface area contributed by atoms with Crippen LogP contribution in [0.15, 0.2) is 12.2 Å². The summed E-state index contributed by atoms with van der Waals surface area (Å²) in [5.74, 6) is 1.09. The van der Waals surface area contributed by atoms with Crippen LogP contribution in [-0.4, -0.2) is 5.78 Å². The summed E-state index contributed by atoms with van der Waals surface area (Å²) in [6, 6.07) is 0.